The van der Waals surface area contributed by atoms with Crippen molar-refractivity contribution in [1.29, 1.82) is 0 Å². The highest BCUT2D eigenvalue weighted by molar-refractivity contribution is 4.63. The van der Waals surface area contributed by atoms with Crippen LogP contribution in [0.15, 0.2) is 0 Å². The molecule has 11 heavy (non-hydrogen) atoms. The van der Waals surface area contributed by atoms with Crippen LogP contribution in [-0.4, -0.2) is 32.7 Å². The summed E-state index contributed by atoms with van der Waals surface area (Å²) in [5.74, 6) is 0.424. The number of rotatable bonds is 2. The van der Waals surface area contributed by atoms with Gasteiger partial charge in [0.2, 0.25) is 0 Å². The van der Waals surface area contributed by atoms with Crippen LogP contribution in [0.4, 0.5) is 0 Å². The highest BCUT2D eigenvalue weighted by atomic mass is 16.7. The van der Waals surface area contributed by atoms with Gasteiger partial charge in [-0.3, -0.25) is 0 Å². The third-order valence-electron chi connectivity index (χ3n) is 1.77. The Morgan fingerprint density at radius 2 is 1.82 bits per heavy atom. The first-order chi connectivity index (χ1) is 5.24. The van der Waals surface area contributed by atoms with Crippen molar-refractivity contribution < 1.29 is 14.2 Å². The van der Waals surface area contributed by atoms with E-state index in [1.54, 1.807) is 7.11 Å². The molecule has 0 saturated carbocycles. The molecule has 0 unspecified atom stereocenters. The molecule has 1 aliphatic heterocycles. The molecular weight excluding hydrogens is 144 g/mol. The SMILES string of the molecule is COC1COC(C(C)C)OC1. The molecule has 0 aromatic heterocycles. The summed E-state index contributed by atoms with van der Waals surface area (Å²) in [5.41, 5.74) is 0. The summed E-state index contributed by atoms with van der Waals surface area (Å²) in [5, 5.41) is 0. The van der Waals surface area contributed by atoms with Gasteiger partial charge in [-0.2, -0.15) is 0 Å². The summed E-state index contributed by atoms with van der Waals surface area (Å²) in [6.07, 6.45) is 0.0754. The number of methoxy groups -OCH3 is 1. The minimum absolute atomic E-state index is 0.0404. The van der Waals surface area contributed by atoms with E-state index in [0.717, 1.165) is 0 Å². The summed E-state index contributed by atoms with van der Waals surface area (Å²) in [4.78, 5) is 0. The summed E-state index contributed by atoms with van der Waals surface area (Å²) in [7, 11) is 1.67. The quantitative estimate of drug-likeness (QED) is 0.604. The molecule has 0 amide bonds. The molecule has 0 aromatic rings. The molecule has 0 atom stereocenters. The van der Waals surface area contributed by atoms with E-state index in [0.29, 0.717) is 19.1 Å². The van der Waals surface area contributed by atoms with Crippen LogP contribution in [0.3, 0.4) is 0 Å². The smallest absolute Gasteiger partial charge is 0.160 e. The van der Waals surface area contributed by atoms with Crippen LogP contribution in [0.5, 0.6) is 0 Å². The first kappa shape index (κ1) is 8.97. The fourth-order valence-corrected chi connectivity index (χ4v) is 1.02. The Labute approximate surface area is 67.6 Å². The molecule has 0 N–H and O–H groups in total. The van der Waals surface area contributed by atoms with Gasteiger partial charge in [0, 0.05) is 13.0 Å². The van der Waals surface area contributed by atoms with Gasteiger partial charge in [0.1, 0.15) is 6.10 Å². The summed E-state index contributed by atoms with van der Waals surface area (Å²) in [6.45, 7) is 5.47. The number of hydrogen-bond acceptors (Lipinski definition) is 3. The lowest BCUT2D eigenvalue weighted by Gasteiger charge is -2.30. The largest absolute Gasteiger partial charge is 0.377 e. The molecule has 0 spiro atoms. The van der Waals surface area contributed by atoms with E-state index in [1.807, 2.05) is 0 Å². The first-order valence-electron chi connectivity index (χ1n) is 4.00. The Morgan fingerprint density at radius 1 is 1.27 bits per heavy atom. The van der Waals surface area contributed by atoms with Gasteiger partial charge >= 0.3 is 0 Å². The third-order valence-corrected chi connectivity index (χ3v) is 1.77. The van der Waals surface area contributed by atoms with E-state index < -0.39 is 0 Å². The molecule has 1 saturated heterocycles. The Balaban J connectivity index is 2.24. The molecule has 1 aliphatic rings. The van der Waals surface area contributed by atoms with Gasteiger partial charge in [0.15, 0.2) is 6.29 Å². The zero-order chi connectivity index (χ0) is 8.27. The summed E-state index contributed by atoms with van der Waals surface area (Å²) < 4.78 is 15.9. The molecule has 0 radical (unpaired) electrons. The molecule has 0 aliphatic carbocycles. The minimum Gasteiger partial charge on any atom is -0.377 e. The second-order valence-corrected chi connectivity index (χ2v) is 3.14. The second kappa shape index (κ2) is 4.04. The molecule has 1 rings (SSSR count). The highest BCUT2D eigenvalue weighted by Crippen LogP contribution is 2.14. The van der Waals surface area contributed by atoms with E-state index in [1.165, 1.54) is 0 Å². The fraction of sp³-hybridized carbons (Fsp3) is 1.00. The topological polar surface area (TPSA) is 27.7 Å². The Kier molecular flexibility index (Phi) is 3.30. The number of ether oxygens (including phenoxy) is 3. The summed E-state index contributed by atoms with van der Waals surface area (Å²) >= 11 is 0. The van der Waals surface area contributed by atoms with E-state index >= 15 is 0 Å². The molecule has 66 valence electrons. The fourth-order valence-electron chi connectivity index (χ4n) is 1.02. The van der Waals surface area contributed by atoms with Crippen LogP contribution in [-0.2, 0) is 14.2 Å². The van der Waals surface area contributed by atoms with Crippen LogP contribution in [0.1, 0.15) is 13.8 Å². The van der Waals surface area contributed by atoms with Gasteiger partial charge in [0.05, 0.1) is 13.2 Å². The minimum atomic E-state index is -0.0404. The van der Waals surface area contributed by atoms with Crippen LogP contribution < -0.4 is 0 Å². The van der Waals surface area contributed by atoms with Crippen molar-refractivity contribution in [2.45, 2.75) is 26.2 Å². The van der Waals surface area contributed by atoms with E-state index in [9.17, 15) is 0 Å². The average Bonchev–Trinajstić information content (AvgIpc) is 2.05. The standard InChI is InChI=1S/C8H16O3/c1-6(2)8-10-4-7(9-3)5-11-8/h6-8H,4-5H2,1-3H3. The predicted octanol–water partition coefficient (Wildman–Crippen LogP) is 1.03. The van der Waals surface area contributed by atoms with E-state index in [2.05, 4.69) is 13.8 Å². The van der Waals surface area contributed by atoms with Gasteiger partial charge < -0.3 is 14.2 Å². The second-order valence-electron chi connectivity index (χ2n) is 3.14. The van der Waals surface area contributed by atoms with Crippen molar-refractivity contribution in [2.24, 2.45) is 5.92 Å². The van der Waals surface area contributed by atoms with Crippen molar-refractivity contribution in [1.82, 2.24) is 0 Å². The molecular formula is C8H16O3. The Hall–Kier alpha value is -0.120. The van der Waals surface area contributed by atoms with Gasteiger partial charge in [-0.1, -0.05) is 13.8 Å². The molecule has 0 bridgehead atoms. The Bertz CT molecular complexity index is 106. The predicted molar refractivity (Wildman–Crippen MR) is 41.3 cm³/mol. The maximum absolute atomic E-state index is 5.40. The van der Waals surface area contributed by atoms with E-state index in [-0.39, 0.29) is 12.4 Å². The van der Waals surface area contributed by atoms with Crippen molar-refractivity contribution in [2.75, 3.05) is 20.3 Å². The molecule has 3 nitrogen and oxygen atoms in total. The van der Waals surface area contributed by atoms with Gasteiger partial charge in [-0.05, 0) is 0 Å². The van der Waals surface area contributed by atoms with Crippen molar-refractivity contribution in [3.63, 3.8) is 0 Å². The van der Waals surface area contributed by atoms with Gasteiger partial charge in [-0.15, -0.1) is 0 Å². The lowest BCUT2D eigenvalue weighted by molar-refractivity contribution is -0.237. The molecule has 0 aromatic carbocycles. The molecule has 1 fully saturated rings. The van der Waals surface area contributed by atoms with Gasteiger partial charge in [0.25, 0.3) is 0 Å². The maximum atomic E-state index is 5.40. The van der Waals surface area contributed by atoms with Crippen LogP contribution in [0, 0.1) is 5.92 Å². The zero-order valence-corrected chi connectivity index (χ0v) is 7.37. The average molecular weight is 160 g/mol. The third kappa shape index (κ3) is 2.43. The normalized spacial score (nSPS) is 32.7. The van der Waals surface area contributed by atoms with Crippen LogP contribution >= 0.6 is 0 Å². The zero-order valence-electron chi connectivity index (χ0n) is 7.37. The van der Waals surface area contributed by atoms with E-state index in [4.69, 9.17) is 14.2 Å². The van der Waals surface area contributed by atoms with Crippen molar-refractivity contribution in [3.8, 4) is 0 Å². The highest BCUT2D eigenvalue weighted by Gasteiger charge is 2.23. The summed E-state index contributed by atoms with van der Waals surface area (Å²) in [6, 6.07) is 0. The number of hydrogen-bond donors (Lipinski definition) is 0. The Morgan fingerprint density at radius 3 is 2.18 bits per heavy atom. The molecule has 1 heterocycles. The van der Waals surface area contributed by atoms with Crippen LogP contribution in [0.2, 0.25) is 0 Å². The lowest BCUT2D eigenvalue weighted by Crippen LogP contribution is -2.39. The lowest BCUT2D eigenvalue weighted by atomic mass is 10.2. The van der Waals surface area contributed by atoms with Crippen molar-refractivity contribution >= 4 is 0 Å². The van der Waals surface area contributed by atoms with Crippen LogP contribution in [0.25, 0.3) is 0 Å². The van der Waals surface area contributed by atoms with Gasteiger partial charge in [-0.25, -0.2) is 0 Å². The van der Waals surface area contributed by atoms with Crippen molar-refractivity contribution in [3.05, 3.63) is 0 Å². The monoisotopic (exact) mass is 160 g/mol. The first-order valence-corrected chi connectivity index (χ1v) is 4.00. The maximum Gasteiger partial charge on any atom is 0.160 e. The molecule has 3 heteroatoms.